The van der Waals surface area contributed by atoms with Crippen molar-refractivity contribution in [2.24, 2.45) is 0 Å². The number of ketones is 1. The second-order valence-corrected chi connectivity index (χ2v) is 5.30. The van der Waals surface area contributed by atoms with E-state index >= 15 is 0 Å². The second kappa shape index (κ2) is 2.48. The zero-order valence-electron chi connectivity index (χ0n) is 6.76. The maximum Gasteiger partial charge on any atom is 0.199 e. The van der Waals surface area contributed by atoms with Crippen LogP contribution in [0.25, 0.3) is 0 Å². The Bertz CT molecular complexity index is 372. The first kappa shape index (κ1) is 8.24. The van der Waals surface area contributed by atoms with Crippen molar-refractivity contribution in [3.63, 3.8) is 0 Å². The molecule has 0 unspecified atom stereocenters. The molecule has 2 atom stereocenters. The van der Waals surface area contributed by atoms with Crippen molar-refractivity contribution in [1.82, 2.24) is 4.90 Å². The molecule has 0 spiro atoms. The maximum absolute atomic E-state index is 11.8. The van der Waals surface area contributed by atoms with E-state index in [9.17, 15) is 4.79 Å². The molecule has 0 radical (unpaired) electrons. The van der Waals surface area contributed by atoms with Crippen LogP contribution in [0.2, 0.25) is 0 Å². The molecule has 3 rings (SSSR count). The average Bonchev–Trinajstić information content (AvgIpc) is 2.65. The largest absolute Gasteiger partial charge is 0.352 e. The maximum atomic E-state index is 11.8. The number of carbonyl (C=O) groups excluding carboxylic acids is 1. The molecule has 3 aliphatic rings. The molecule has 2 nitrogen and oxygen atoms in total. The predicted octanol–water partition coefficient (Wildman–Crippen LogP) is 2.30. The van der Waals surface area contributed by atoms with Crippen LogP contribution in [0.15, 0.2) is 20.7 Å². The van der Waals surface area contributed by atoms with Crippen LogP contribution in [0.4, 0.5) is 0 Å². The fraction of sp³-hybridized carbons (Fsp3) is 0.444. The molecule has 0 aromatic carbocycles. The molecule has 1 fully saturated rings. The Labute approximate surface area is 92.9 Å². The van der Waals surface area contributed by atoms with E-state index in [2.05, 4.69) is 42.8 Å². The molecule has 0 saturated carbocycles. The number of allylic oxidation sites excluding steroid dienone is 1. The van der Waals surface area contributed by atoms with Crippen LogP contribution in [0.3, 0.4) is 0 Å². The molecule has 68 valence electrons. The summed E-state index contributed by atoms with van der Waals surface area (Å²) in [5.41, 5.74) is 1.20. The minimum Gasteiger partial charge on any atom is -0.352 e. The van der Waals surface area contributed by atoms with E-state index < -0.39 is 0 Å². The summed E-state index contributed by atoms with van der Waals surface area (Å²) in [6.07, 6.45) is 4.34. The van der Waals surface area contributed by atoms with E-state index in [1.165, 1.54) is 5.70 Å². The normalized spacial score (nSPS) is 36.0. The third-order valence-electron chi connectivity index (χ3n) is 2.95. The van der Waals surface area contributed by atoms with Gasteiger partial charge in [-0.25, -0.2) is 0 Å². The van der Waals surface area contributed by atoms with E-state index in [4.69, 9.17) is 0 Å². The highest BCUT2D eigenvalue weighted by Gasteiger charge is 2.49. The van der Waals surface area contributed by atoms with Crippen molar-refractivity contribution in [2.45, 2.75) is 24.9 Å². The van der Waals surface area contributed by atoms with Gasteiger partial charge in [-0.15, -0.1) is 0 Å². The van der Waals surface area contributed by atoms with Gasteiger partial charge in [-0.3, -0.25) is 4.79 Å². The highest BCUT2D eigenvalue weighted by atomic mass is 79.9. The number of halogens is 2. The molecular weight excluding hydrogens is 298 g/mol. The second-order valence-electron chi connectivity index (χ2n) is 3.59. The zero-order chi connectivity index (χ0) is 9.16. The Balaban J connectivity index is 2.17. The number of nitrogens with zero attached hydrogens (tertiary/aromatic N) is 1. The first-order chi connectivity index (χ1) is 6.20. The van der Waals surface area contributed by atoms with Crippen molar-refractivity contribution in [1.29, 1.82) is 0 Å². The van der Waals surface area contributed by atoms with Crippen molar-refractivity contribution in [3.05, 3.63) is 20.7 Å². The van der Waals surface area contributed by atoms with Crippen LogP contribution in [-0.2, 0) is 4.79 Å². The lowest BCUT2D eigenvalue weighted by molar-refractivity contribution is -0.116. The van der Waals surface area contributed by atoms with Crippen LogP contribution in [0.5, 0.6) is 0 Å². The van der Waals surface area contributed by atoms with Gasteiger partial charge in [0.2, 0.25) is 0 Å². The first-order valence-electron chi connectivity index (χ1n) is 4.28. The first-order valence-corrected chi connectivity index (χ1v) is 5.87. The Morgan fingerprint density at radius 2 is 2.23 bits per heavy atom. The predicted molar refractivity (Wildman–Crippen MR) is 56.6 cm³/mol. The fourth-order valence-corrected chi connectivity index (χ4v) is 3.76. The quantitative estimate of drug-likeness (QED) is 0.684. The molecule has 0 N–H and O–H groups in total. The fourth-order valence-electron chi connectivity index (χ4n) is 2.41. The average molecular weight is 305 g/mol. The van der Waals surface area contributed by atoms with Gasteiger partial charge in [0, 0.05) is 16.2 Å². The van der Waals surface area contributed by atoms with Gasteiger partial charge in [0.15, 0.2) is 5.78 Å². The highest BCUT2D eigenvalue weighted by Crippen LogP contribution is 2.48. The van der Waals surface area contributed by atoms with E-state index in [1.807, 2.05) is 0 Å². The van der Waals surface area contributed by atoms with Crippen molar-refractivity contribution < 1.29 is 4.79 Å². The Morgan fingerprint density at radius 1 is 1.46 bits per heavy atom. The minimum atomic E-state index is -0.0446. The summed E-state index contributed by atoms with van der Waals surface area (Å²) >= 11 is 6.85. The van der Waals surface area contributed by atoms with Gasteiger partial charge < -0.3 is 4.90 Å². The van der Waals surface area contributed by atoms with Crippen LogP contribution < -0.4 is 0 Å². The molecule has 3 heterocycles. The molecule has 0 bridgehead atoms. The highest BCUT2D eigenvalue weighted by molar-refractivity contribution is 9.12. The molecule has 3 aliphatic heterocycles. The Morgan fingerprint density at radius 3 is 3.00 bits per heavy atom. The molecule has 4 heteroatoms. The summed E-state index contributed by atoms with van der Waals surface area (Å²) in [5, 5.41) is 0. The molecule has 1 saturated heterocycles. The van der Waals surface area contributed by atoms with E-state index in [0.717, 1.165) is 21.8 Å². The van der Waals surface area contributed by atoms with Crippen LogP contribution >= 0.6 is 31.9 Å². The lowest BCUT2D eigenvalue weighted by atomic mass is 10.2. The molecule has 13 heavy (non-hydrogen) atoms. The van der Waals surface area contributed by atoms with Gasteiger partial charge in [-0.05, 0) is 34.8 Å². The van der Waals surface area contributed by atoms with Gasteiger partial charge in [-0.1, -0.05) is 15.9 Å². The standard InChI is InChI=1S/C9H7Br2NO/c10-5-3-4-1-2-6-7(11)9(13)8(5)12(4)6/h3-4,8H,1-2H2/t4-,8-/m0/s1. The Hall–Kier alpha value is -0.0900. The van der Waals surface area contributed by atoms with Gasteiger partial charge in [0.25, 0.3) is 0 Å². The molecule has 0 amide bonds. The zero-order valence-corrected chi connectivity index (χ0v) is 9.93. The van der Waals surface area contributed by atoms with Crippen LogP contribution in [-0.4, -0.2) is 22.8 Å². The monoisotopic (exact) mass is 303 g/mol. The number of hydrogen-bond donors (Lipinski definition) is 0. The molecular formula is C9H7Br2NO. The summed E-state index contributed by atoms with van der Waals surface area (Å²) in [6.45, 7) is 0. The van der Waals surface area contributed by atoms with Gasteiger partial charge in [0.05, 0.1) is 4.48 Å². The van der Waals surface area contributed by atoms with Gasteiger partial charge in [0.1, 0.15) is 6.04 Å². The van der Waals surface area contributed by atoms with Crippen molar-refractivity contribution in [3.8, 4) is 0 Å². The van der Waals surface area contributed by atoms with Crippen molar-refractivity contribution in [2.75, 3.05) is 0 Å². The number of carbonyl (C=O) groups is 1. The van der Waals surface area contributed by atoms with Crippen LogP contribution in [0.1, 0.15) is 12.8 Å². The number of hydrogen-bond acceptors (Lipinski definition) is 2. The summed E-state index contributed by atoms with van der Waals surface area (Å²) < 4.78 is 1.83. The Kier molecular flexibility index (Phi) is 1.57. The SMILES string of the molecule is O=C1C(Br)=C2CC[C@H]3C=C(Br)[C@@H]1N23. The smallest absolute Gasteiger partial charge is 0.199 e. The number of rotatable bonds is 0. The van der Waals surface area contributed by atoms with Gasteiger partial charge >= 0.3 is 0 Å². The third kappa shape index (κ3) is 0.859. The summed E-state index contributed by atoms with van der Waals surface area (Å²) in [7, 11) is 0. The van der Waals surface area contributed by atoms with Crippen LogP contribution in [0, 0.1) is 0 Å². The lowest BCUT2D eigenvalue weighted by Gasteiger charge is -2.20. The van der Waals surface area contributed by atoms with E-state index in [1.54, 1.807) is 0 Å². The topological polar surface area (TPSA) is 20.3 Å². The third-order valence-corrected chi connectivity index (χ3v) is 4.50. The lowest BCUT2D eigenvalue weighted by Crippen LogP contribution is -2.31. The summed E-state index contributed by atoms with van der Waals surface area (Å²) in [5.74, 6) is 0.209. The van der Waals surface area contributed by atoms with Gasteiger partial charge in [-0.2, -0.15) is 0 Å². The number of Topliss-reactive ketones (excluding diaryl/α,β-unsaturated/α-hetero) is 1. The summed E-state index contributed by atoms with van der Waals surface area (Å²) in [4.78, 5) is 14.0. The van der Waals surface area contributed by atoms with E-state index in [0.29, 0.717) is 6.04 Å². The minimum absolute atomic E-state index is 0.0446. The molecule has 0 aliphatic carbocycles. The van der Waals surface area contributed by atoms with E-state index in [-0.39, 0.29) is 11.8 Å². The molecule has 0 aromatic rings. The molecule has 0 aromatic heterocycles. The van der Waals surface area contributed by atoms with Crippen molar-refractivity contribution >= 4 is 37.6 Å². The summed E-state index contributed by atoms with van der Waals surface area (Å²) in [6, 6.07) is 0.408.